The Labute approximate surface area is 146 Å². The highest BCUT2D eigenvalue weighted by atomic mass is 16.5. The van der Waals surface area contributed by atoms with E-state index in [-0.39, 0.29) is 0 Å². The van der Waals surface area contributed by atoms with E-state index in [4.69, 9.17) is 4.74 Å². The van der Waals surface area contributed by atoms with Crippen molar-refractivity contribution in [2.45, 2.75) is 71.6 Å². The quantitative estimate of drug-likeness (QED) is 0.357. The molecule has 1 amide bonds. The molecule has 4 nitrogen and oxygen atoms in total. The molecule has 0 saturated carbocycles. The van der Waals surface area contributed by atoms with Crippen LogP contribution >= 0.6 is 0 Å². The monoisotopic (exact) mass is 333 g/mol. The lowest BCUT2D eigenvalue weighted by atomic mass is 10.1. The van der Waals surface area contributed by atoms with E-state index in [9.17, 15) is 9.59 Å². The highest BCUT2D eigenvalue weighted by Crippen LogP contribution is 2.10. The van der Waals surface area contributed by atoms with Gasteiger partial charge in [0, 0.05) is 5.69 Å². The summed E-state index contributed by atoms with van der Waals surface area (Å²) in [6.07, 6.45) is 10.4. The summed E-state index contributed by atoms with van der Waals surface area (Å²) in [5.41, 5.74) is 1.80. The number of benzene rings is 1. The third-order valence-corrected chi connectivity index (χ3v) is 4.04. The van der Waals surface area contributed by atoms with Crippen molar-refractivity contribution >= 4 is 17.6 Å². The average Bonchev–Trinajstić information content (AvgIpc) is 2.60. The maximum atomic E-state index is 11.7. The van der Waals surface area contributed by atoms with Crippen molar-refractivity contribution in [3.05, 3.63) is 29.8 Å². The first-order valence-corrected chi connectivity index (χ1v) is 9.24. The Bertz CT molecular complexity index is 482. The van der Waals surface area contributed by atoms with E-state index < -0.39 is 11.9 Å². The van der Waals surface area contributed by atoms with Crippen molar-refractivity contribution in [1.29, 1.82) is 0 Å². The fraction of sp³-hybridized carbons (Fsp3) is 0.600. The Morgan fingerprint density at radius 3 is 2.04 bits per heavy atom. The van der Waals surface area contributed by atoms with Crippen LogP contribution < -0.4 is 5.32 Å². The minimum atomic E-state index is -0.808. The van der Waals surface area contributed by atoms with Gasteiger partial charge >= 0.3 is 11.9 Å². The van der Waals surface area contributed by atoms with E-state index in [1.807, 2.05) is 12.1 Å². The Hall–Kier alpha value is -1.84. The number of hydrogen-bond donors (Lipinski definition) is 1. The van der Waals surface area contributed by atoms with Crippen LogP contribution in [-0.4, -0.2) is 18.5 Å². The molecule has 134 valence electrons. The number of amides is 1. The van der Waals surface area contributed by atoms with Gasteiger partial charge < -0.3 is 10.1 Å². The molecule has 0 unspecified atom stereocenters. The van der Waals surface area contributed by atoms with Crippen LogP contribution in [0.15, 0.2) is 24.3 Å². The number of unbranched alkanes of at least 4 members (excludes halogenated alkanes) is 7. The van der Waals surface area contributed by atoms with Gasteiger partial charge in [-0.1, -0.05) is 70.9 Å². The lowest BCUT2D eigenvalue weighted by Crippen LogP contribution is -2.25. The molecular formula is C20H31NO3. The van der Waals surface area contributed by atoms with Crippen LogP contribution in [0.4, 0.5) is 5.69 Å². The molecule has 1 rings (SSSR count). The molecule has 0 spiro atoms. The van der Waals surface area contributed by atoms with Gasteiger partial charge in [-0.15, -0.1) is 0 Å². The van der Waals surface area contributed by atoms with Crippen molar-refractivity contribution in [3.8, 4) is 0 Å². The maximum absolute atomic E-state index is 11.7. The predicted octanol–water partition coefficient (Wildman–Crippen LogP) is 4.87. The molecule has 0 heterocycles. The SMILES string of the molecule is CCCCCCCCCCOC(=O)C(=O)Nc1ccc(CC)cc1. The molecule has 4 heteroatoms. The standard InChI is InChI=1S/C20H31NO3/c1-3-5-6-7-8-9-10-11-16-24-20(23)19(22)21-18-14-12-17(4-2)13-15-18/h12-15H,3-11,16H2,1-2H3,(H,21,22). The number of carbonyl (C=O) groups is 2. The first-order valence-electron chi connectivity index (χ1n) is 9.24. The number of aryl methyl sites for hydroxylation is 1. The molecule has 0 fully saturated rings. The fourth-order valence-corrected chi connectivity index (χ4v) is 2.47. The number of carbonyl (C=O) groups excluding carboxylic acids is 2. The van der Waals surface area contributed by atoms with Crippen molar-refractivity contribution in [1.82, 2.24) is 0 Å². The smallest absolute Gasteiger partial charge is 0.397 e. The molecule has 0 aliphatic carbocycles. The number of nitrogens with one attached hydrogen (secondary N) is 1. The molecule has 1 aromatic rings. The van der Waals surface area contributed by atoms with Gasteiger partial charge in [0.2, 0.25) is 0 Å². The van der Waals surface area contributed by atoms with Gasteiger partial charge in [0.25, 0.3) is 0 Å². The lowest BCUT2D eigenvalue weighted by molar-refractivity contribution is -0.152. The van der Waals surface area contributed by atoms with E-state index in [1.54, 1.807) is 12.1 Å². The number of anilines is 1. The second-order valence-corrected chi connectivity index (χ2v) is 6.12. The normalized spacial score (nSPS) is 10.4. The van der Waals surface area contributed by atoms with Crippen LogP contribution in [0.25, 0.3) is 0 Å². The molecule has 0 aromatic heterocycles. The molecule has 0 saturated heterocycles. The molecule has 24 heavy (non-hydrogen) atoms. The maximum Gasteiger partial charge on any atom is 0.397 e. The van der Waals surface area contributed by atoms with E-state index in [2.05, 4.69) is 19.2 Å². The van der Waals surface area contributed by atoms with Crippen molar-refractivity contribution in [2.75, 3.05) is 11.9 Å². The van der Waals surface area contributed by atoms with Crippen LogP contribution in [0.1, 0.15) is 70.8 Å². The number of esters is 1. The van der Waals surface area contributed by atoms with Crippen molar-refractivity contribution in [2.24, 2.45) is 0 Å². The van der Waals surface area contributed by atoms with Crippen LogP contribution in [0.5, 0.6) is 0 Å². The van der Waals surface area contributed by atoms with Crippen LogP contribution in [0.3, 0.4) is 0 Å². The van der Waals surface area contributed by atoms with Gasteiger partial charge in [-0.25, -0.2) is 4.79 Å². The summed E-state index contributed by atoms with van der Waals surface area (Å²) in [4.78, 5) is 23.4. The summed E-state index contributed by atoms with van der Waals surface area (Å²) in [5.74, 6) is -1.52. The van der Waals surface area contributed by atoms with Crippen LogP contribution in [-0.2, 0) is 20.7 Å². The molecule has 1 aromatic carbocycles. The van der Waals surface area contributed by atoms with Crippen LogP contribution in [0.2, 0.25) is 0 Å². The average molecular weight is 333 g/mol. The van der Waals surface area contributed by atoms with Gasteiger partial charge in [0.15, 0.2) is 0 Å². The summed E-state index contributed by atoms with van der Waals surface area (Å²) < 4.78 is 5.02. The topological polar surface area (TPSA) is 55.4 Å². The summed E-state index contributed by atoms with van der Waals surface area (Å²) in [6, 6.07) is 7.45. The summed E-state index contributed by atoms with van der Waals surface area (Å²) in [7, 11) is 0. The number of rotatable bonds is 11. The van der Waals surface area contributed by atoms with Crippen LogP contribution in [0, 0.1) is 0 Å². The van der Waals surface area contributed by atoms with Gasteiger partial charge in [-0.2, -0.15) is 0 Å². The Kier molecular flexibility index (Phi) is 10.6. The minimum absolute atomic E-state index is 0.315. The zero-order valence-corrected chi connectivity index (χ0v) is 15.1. The van der Waals surface area contributed by atoms with Gasteiger partial charge in [-0.05, 0) is 30.5 Å². The highest BCUT2D eigenvalue weighted by Gasteiger charge is 2.15. The third-order valence-electron chi connectivity index (χ3n) is 4.04. The second kappa shape index (κ2) is 12.6. The van der Waals surface area contributed by atoms with E-state index in [1.165, 1.54) is 37.7 Å². The molecule has 0 atom stereocenters. The summed E-state index contributed by atoms with van der Waals surface area (Å²) in [6.45, 7) is 4.59. The van der Waals surface area contributed by atoms with Crippen molar-refractivity contribution < 1.29 is 14.3 Å². The Morgan fingerprint density at radius 2 is 1.46 bits per heavy atom. The second-order valence-electron chi connectivity index (χ2n) is 6.12. The zero-order valence-electron chi connectivity index (χ0n) is 15.1. The summed E-state index contributed by atoms with van der Waals surface area (Å²) >= 11 is 0. The van der Waals surface area contributed by atoms with Crippen molar-refractivity contribution in [3.63, 3.8) is 0 Å². The van der Waals surface area contributed by atoms with Gasteiger partial charge in [0.1, 0.15) is 0 Å². The predicted molar refractivity (Wildman–Crippen MR) is 98.0 cm³/mol. The first-order chi connectivity index (χ1) is 11.7. The summed E-state index contributed by atoms with van der Waals surface area (Å²) in [5, 5.41) is 2.56. The fourth-order valence-electron chi connectivity index (χ4n) is 2.47. The molecular weight excluding hydrogens is 302 g/mol. The Morgan fingerprint density at radius 1 is 0.875 bits per heavy atom. The third kappa shape index (κ3) is 8.70. The minimum Gasteiger partial charge on any atom is -0.459 e. The number of hydrogen-bond acceptors (Lipinski definition) is 3. The van der Waals surface area contributed by atoms with E-state index in [0.29, 0.717) is 12.3 Å². The zero-order chi connectivity index (χ0) is 17.6. The number of ether oxygens (including phenoxy) is 1. The van der Waals surface area contributed by atoms with Gasteiger partial charge in [0.05, 0.1) is 6.61 Å². The van der Waals surface area contributed by atoms with Gasteiger partial charge in [-0.3, -0.25) is 4.79 Å². The molecule has 0 aliphatic heterocycles. The Balaban J connectivity index is 2.10. The highest BCUT2D eigenvalue weighted by molar-refractivity contribution is 6.37. The molecule has 1 N–H and O–H groups in total. The van der Waals surface area contributed by atoms with E-state index >= 15 is 0 Å². The molecule has 0 aliphatic rings. The molecule has 0 radical (unpaired) electrons. The lowest BCUT2D eigenvalue weighted by Gasteiger charge is -2.07. The largest absolute Gasteiger partial charge is 0.459 e. The van der Waals surface area contributed by atoms with E-state index in [0.717, 1.165) is 25.7 Å². The first kappa shape index (κ1) is 20.2. The molecule has 0 bridgehead atoms.